The first-order valence-corrected chi connectivity index (χ1v) is 10.9. The largest absolute Gasteiger partial charge is 0.457 e. The smallest absolute Gasteiger partial charge is 0.225 e. The van der Waals surface area contributed by atoms with Crippen molar-refractivity contribution < 1.29 is 9.53 Å². The van der Waals surface area contributed by atoms with E-state index in [1.807, 2.05) is 61.7 Å². The number of ether oxygens (including phenoxy) is 1. The number of carbonyl (C=O) groups excluding carboxylic acids is 1. The van der Waals surface area contributed by atoms with Crippen LogP contribution in [0.1, 0.15) is 22.6 Å². The van der Waals surface area contributed by atoms with E-state index in [1.165, 1.54) is 0 Å². The molecule has 0 bridgehead atoms. The van der Waals surface area contributed by atoms with Gasteiger partial charge in [0, 0.05) is 37.9 Å². The summed E-state index contributed by atoms with van der Waals surface area (Å²) in [7, 11) is 0. The van der Waals surface area contributed by atoms with Gasteiger partial charge in [-0.1, -0.05) is 42.5 Å². The van der Waals surface area contributed by atoms with Crippen LogP contribution in [-0.4, -0.2) is 29.0 Å². The average Bonchev–Trinajstić information content (AvgIpc) is 3.47. The number of hydrogen-bond donors (Lipinski definition) is 3. The number of H-pyrrole nitrogens is 1. The first kappa shape index (κ1) is 20.3. The van der Waals surface area contributed by atoms with Crippen molar-refractivity contribution in [2.45, 2.75) is 19.4 Å². The van der Waals surface area contributed by atoms with Gasteiger partial charge < -0.3 is 20.4 Å². The number of rotatable bonds is 6. The fourth-order valence-electron chi connectivity index (χ4n) is 4.40. The maximum Gasteiger partial charge on any atom is 0.225 e. The number of aromatic nitrogens is 2. The predicted molar refractivity (Wildman–Crippen MR) is 125 cm³/mol. The van der Waals surface area contributed by atoms with Gasteiger partial charge in [-0.25, -0.2) is 4.98 Å². The highest BCUT2D eigenvalue weighted by atomic mass is 16.5. The molecule has 2 unspecified atom stereocenters. The predicted octanol–water partition coefficient (Wildman–Crippen LogP) is 4.28. The van der Waals surface area contributed by atoms with Crippen LogP contribution in [0.3, 0.4) is 0 Å². The number of carbonyl (C=O) groups is 1. The number of aryl methyl sites for hydroxylation is 1. The normalized spacial score (nSPS) is 18.0. The standard InChI is InChI=1S/C26H26N4O2/c1-17-13-29-25-24(17)23(11-12-28-25)32-20-9-7-19(8-10-20)21-15-27-16-22(21)26(31)30-14-18-5-3-2-4-6-18/h2-13,21-22,27H,14-16H2,1H3,(H,28,29)(H,30,31). The van der Waals surface area contributed by atoms with Gasteiger partial charge in [0.05, 0.1) is 11.3 Å². The summed E-state index contributed by atoms with van der Waals surface area (Å²) in [4.78, 5) is 20.4. The molecular formula is C26H26N4O2. The fourth-order valence-corrected chi connectivity index (χ4v) is 4.40. The van der Waals surface area contributed by atoms with Gasteiger partial charge in [0.1, 0.15) is 17.1 Å². The van der Waals surface area contributed by atoms with E-state index < -0.39 is 0 Å². The van der Waals surface area contributed by atoms with Crippen molar-refractivity contribution in [2.75, 3.05) is 13.1 Å². The minimum atomic E-state index is -0.0900. The molecule has 0 radical (unpaired) electrons. The van der Waals surface area contributed by atoms with Gasteiger partial charge >= 0.3 is 0 Å². The molecule has 4 aromatic rings. The molecule has 0 saturated carbocycles. The van der Waals surface area contributed by atoms with Crippen molar-refractivity contribution >= 4 is 16.9 Å². The van der Waals surface area contributed by atoms with Gasteiger partial charge in [-0.3, -0.25) is 4.79 Å². The molecule has 0 spiro atoms. The third kappa shape index (κ3) is 4.09. The van der Waals surface area contributed by atoms with Crippen molar-refractivity contribution in [3.63, 3.8) is 0 Å². The second-order valence-electron chi connectivity index (χ2n) is 8.25. The second kappa shape index (κ2) is 8.85. The van der Waals surface area contributed by atoms with Gasteiger partial charge in [-0.05, 0) is 41.8 Å². The molecule has 3 N–H and O–H groups in total. The number of pyridine rings is 1. The Balaban J connectivity index is 1.27. The summed E-state index contributed by atoms with van der Waals surface area (Å²) in [6.45, 7) is 4.06. The van der Waals surface area contributed by atoms with Crippen LogP contribution in [0.25, 0.3) is 11.0 Å². The number of nitrogens with one attached hydrogen (secondary N) is 3. The zero-order chi connectivity index (χ0) is 21.9. The summed E-state index contributed by atoms with van der Waals surface area (Å²) in [5.41, 5.74) is 4.16. The van der Waals surface area contributed by atoms with E-state index >= 15 is 0 Å². The highest BCUT2D eigenvalue weighted by molar-refractivity contribution is 5.86. The Bertz CT molecular complexity index is 1220. The Morgan fingerprint density at radius 3 is 2.72 bits per heavy atom. The number of aromatic amines is 1. The number of fused-ring (bicyclic) bond motifs is 1. The monoisotopic (exact) mass is 426 g/mol. The number of nitrogens with zero attached hydrogens (tertiary/aromatic N) is 1. The molecule has 32 heavy (non-hydrogen) atoms. The van der Waals surface area contributed by atoms with E-state index in [4.69, 9.17) is 4.74 Å². The Kier molecular flexibility index (Phi) is 5.60. The zero-order valence-electron chi connectivity index (χ0n) is 18.0. The Morgan fingerprint density at radius 1 is 1.09 bits per heavy atom. The third-order valence-corrected chi connectivity index (χ3v) is 6.13. The van der Waals surface area contributed by atoms with E-state index in [0.29, 0.717) is 13.1 Å². The van der Waals surface area contributed by atoms with Crippen molar-refractivity contribution in [2.24, 2.45) is 5.92 Å². The minimum absolute atomic E-state index is 0.0892. The number of amides is 1. The lowest BCUT2D eigenvalue weighted by atomic mass is 9.88. The van der Waals surface area contributed by atoms with E-state index in [0.717, 1.165) is 45.8 Å². The summed E-state index contributed by atoms with van der Waals surface area (Å²) >= 11 is 0. The lowest BCUT2D eigenvalue weighted by Crippen LogP contribution is -2.34. The lowest BCUT2D eigenvalue weighted by molar-refractivity contribution is -0.125. The maximum atomic E-state index is 12.9. The molecule has 3 heterocycles. The van der Waals surface area contributed by atoms with Crippen molar-refractivity contribution in [1.29, 1.82) is 0 Å². The third-order valence-electron chi connectivity index (χ3n) is 6.13. The summed E-state index contributed by atoms with van der Waals surface area (Å²) in [5, 5.41) is 7.46. The average molecular weight is 427 g/mol. The lowest BCUT2D eigenvalue weighted by Gasteiger charge is -2.19. The molecule has 5 rings (SSSR count). The van der Waals surface area contributed by atoms with Gasteiger partial charge in [0.15, 0.2) is 0 Å². The van der Waals surface area contributed by atoms with Crippen LogP contribution in [0, 0.1) is 12.8 Å². The van der Waals surface area contributed by atoms with Crippen LogP contribution in [-0.2, 0) is 11.3 Å². The van der Waals surface area contributed by atoms with Crippen LogP contribution in [0.15, 0.2) is 73.1 Å². The van der Waals surface area contributed by atoms with Crippen molar-refractivity contribution in [3.05, 3.63) is 89.7 Å². The van der Waals surface area contributed by atoms with Gasteiger partial charge in [0.25, 0.3) is 0 Å². The van der Waals surface area contributed by atoms with Crippen LogP contribution in [0.4, 0.5) is 0 Å². The minimum Gasteiger partial charge on any atom is -0.457 e. The van der Waals surface area contributed by atoms with E-state index in [1.54, 1.807) is 6.20 Å². The molecule has 2 atom stereocenters. The maximum absolute atomic E-state index is 12.9. The van der Waals surface area contributed by atoms with E-state index in [2.05, 4.69) is 32.7 Å². The van der Waals surface area contributed by atoms with Crippen molar-refractivity contribution in [3.8, 4) is 11.5 Å². The Hall–Kier alpha value is -3.64. The van der Waals surface area contributed by atoms with Crippen LogP contribution in [0.5, 0.6) is 11.5 Å². The summed E-state index contributed by atoms with van der Waals surface area (Å²) in [6.07, 6.45) is 3.68. The molecule has 2 aromatic carbocycles. The zero-order valence-corrected chi connectivity index (χ0v) is 18.0. The molecule has 2 aromatic heterocycles. The Labute approximate surface area is 187 Å². The van der Waals surface area contributed by atoms with E-state index in [9.17, 15) is 4.79 Å². The summed E-state index contributed by atoms with van der Waals surface area (Å²) in [5.74, 6) is 1.68. The number of benzene rings is 2. The van der Waals surface area contributed by atoms with Gasteiger partial charge in [-0.15, -0.1) is 0 Å². The quantitative estimate of drug-likeness (QED) is 0.430. The summed E-state index contributed by atoms with van der Waals surface area (Å²) in [6, 6.07) is 19.9. The molecule has 0 aliphatic carbocycles. The first-order chi connectivity index (χ1) is 15.7. The highest BCUT2D eigenvalue weighted by Crippen LogP contribution is 2.33. The van der Waals surface area contributed by atoms with Gasteiger partial charge in [0.2, 0.25) is 5.91 Å². The molecule has 6 heteroatoms. The van der Waals surface area contributed by atoms with Crippen LogP contribution >= 0.6 is 0 Å². The topological polar surface area (TPSA) is 79.0 Å². The Morgan fingerprint density at radius 2 is 1.91 bits per heavy atom. The summed E-state index contributed by atoms with van der Waals surface area (Å²) < 4.78 is 6.16. The fraction of sp³-hybridized carbons (Fsp3) is 0.231. The van der Waals surface area contributed by atoms with Gasteiger partial charge in [-0.2, -0.15) is 0 Å². The molecule has 1 aliphatic rings. The second-order valence-corrected chi connectivity index (χ2v) is 8.25. The van der Waals surface area contributed by atoms with E-state index in [-0.39, 0.29) is 17.7 Å². The molecular weight excluding hydrogens is 400 g/mol. The first-order valence-electron chi connectivity index (χ1n) is 10.9. The van der Waals surface area contributed by atoms with Crippen LogP contribution in [0.2, 0.25) is 0 Å². The van der Waals surface area contributed by atoms with Crippen molar-refractivity contribution in [1.82, 2.24) is 20.6 Å². The molecule has 1 fully saturated rings. The van der Waals surface area contributed by atoms with Crippen LogP contribution < -0.4 is 15.4 Å². The molecule has 1 aliphatic heterocycles. The highest BCUT2D eigenvalue weighted by Gasteiger charge is 2.33. The molecule has 1 amide bonds. The SMILES string of the molecule is Cc1c[nH]c2nccc(Oc3ccc(C4CNCC4C(=O)NCc4ccccc4)cc3)c12. The molecule has 1 saturated heterocycles. The number of hydrogen-bond acceptors (Lipinski definition) is 4. The molecule has 6 nitrogen and oxygen atoms in total. The molecule has 162 valence electrons.